The zero-order chi connectivity index (χ0) is 17.1. The number of benzene rings is 2. The van der Waals surface area contributed by atoms with Gasteiger partial charge in [0.2, 0.25) is 0 Å². The molecule has 0 spiro atoms. The van der Waals surface area contributed by atoms with Gasteiger partial charge in [-0.1, -0.05) is 35.3 Å². The normalized spacial score (nSPS) is 11.3. The molecule has 1 aromatic heterocycles. The van der Waals surface area contributed by atoms with Crippen LogP contribution in [0.1, 0.15) is 10.6 Å². The van der Waals surface area contributed by atoms with Gasteiger partial charge in [-0.25, -0.2) is 4.98 Å². The zero-order valence-corrected chi connectivity index (χ0v) is 16.6. The van der Waals surface area contributed by atoms with E-state index in [1.54, 1.807) is 12.1 Å². The summed E-state index contributed by atoms with van der Waals surface area (Å²) in [6.07, 6.45) is 1.84. The second kappa shape index (κ2) is 7.66. The molecule has 0 N–H and O–H groups in total. The summed E-state index contributed by atoms with van der Waals surface area (Å²) >= 11 is 15.8. The molecule has 0 aliphatic heterocycles. The number of hydrogen-bond donors (Lipinski definition) is 0. The van der Waals surface area contributed by atoms with Crippen molar-refractivity contribution < 1.29 is 0 Å². The number of aromatic nitrogens is 1. The monoisotopic (exact) mass is 482 g/mol. The van der Waals surface area contributed by atoms with Gasteiger partial charge in [-0.2, -0.15) is 5.26 Å². The van der Waals surface area contributed by atoms with E-state index >= 15 is 0 Å². The summed E-state index contributed by atoms with van der Waals surface area (Å²) in [5.41, 5.74) is 3.03. The van der Waals surface area contributed by atoms with Crippen LogP contribution < -0.4 is 0 Å². The fourth-order valence-electron chi connectivity index (χ4n) is 2.09. The molecular weight excluding hydrogens is 474 g/mol. The first kappa shape index (κ1) is 17.4. The van der Waals surface area contributed by atoms with Gasteiger partial charge in [0.15, 0.2) is 0 Å². The molecule has 6 heteroatoms. The van der Waals surface area contributed by atoms with Gasteiger partial charge in [0.25, 0.3) is 0 Å². The van der Waals surface area contributed by atoms with Crippen LogP contribution in [0.25, 0.3) is 22.9 Å². The lowest BCUT2D eigenvalue weighted by Crippen LogP contribution is -1.84. The lowest BCUT2D eigenvalue weighted by atomic mass is 10.1. The van der Waals surface area contributed by atoms with E-state index in [0.29, 0.717) is 20.6 Å². The van der Waals surface area contributed by atoms with E-state index in [9.17, 15) is 5.26 Å². The largest absolute Gasteiger partial charge is 0.235 e. The van der Waals surface area contributed by atoms with Gasteiger partial charge in [-0.05, 0) is 64.6 Å². The molecule has 0 unspecified atom stereocenters. The molecule has 3 rings (SSSR count). The molecule has 0 bridgehead atoms. The molecule has 0 saturated carbocycles. The molecule has 2 nitrogen and oxygen atoms in total. The smallest absolute Gasteiger partial charge is 0.134 e. The molecule has 24 heavy (non-hydrogen) atoms. The highest BCUT2D eigenvalue weighted by molar-refractivity contribution is 14.1. The number of nitrogens with zero attached hydrogens (tertiary/aromatic N) is 2. The zero-order valence-electron chi connectivity index (χ0n) is 12.1. The molecule has 0 aliphatic rings. The van der Waals surface area contributed by atoms with Crippen LogP contribution in [0.2, 0.25) is 10.0 Å². The molecular formula is C18H9Cl2IN2S. The molecule has 3 aromatic rings. The first-order valence-electron chi connectivity index (χ1n) is 6.85. The van der Waals surface area contributed by atoms with Crippen LogP contribution in [-0.4, -0.2) is 4.98 Å². The standard InChI is InChI=1S/C18H9Cl2IN2S/c19-13-3-6-15(16(20)8-13)17-10-24-18(23-17)12(9-22)7-11-1-4-14(21)5-2-11/h1-8,10H. The number of nitriles is 1. The second-order valence-electron chi connectivity index (χ2n) is 4.88. The van der Waals surface area contributed by atoms with Crippen LogP contribution in [-0.2, 0) is 0 Å². The molecule has 1 heterocycles. The van der Waals surface area contributed by atoms with Gasteiger partial charge >= 0.3 is 0 Å². The third-order valence-electron chi connectivity index (χ3n) is 3.24. The van der Waals surface area contributed by atoms with Gasteiger partial charge in [-0.15, -0.1) is 11.3 Å². The van der Waals surface area contributed by atoms with Crippen LogP contribution in [0.15, 0.2) is 47.8 Å². The van der Waals surface area contributed by atoms with E-state index < -0.39 is 0 Å². The lowest BCUT2D eigenvalue weighted by molar-refractivity contribution is 1.37. The Morgan fingerprint density at radius 2 is 1.92 bits per heavy atom. The maximum absolute atomic E-state index is 9.47. The second-order valence-corrected chi connectivity index (χ2v) is 7.83. The number of halogens is 3. The van der Waals surface area contributed by atoms with E-state index in [2.05, 4.69) is 33.6 Å². The molecule has 0 radical (unpaired) electrons. The summed E-state index contributed by atoms with van der Waals surface area (Å²) in [4.78, 5) is 4.55. The van der Waals surface area contributed by atoms with Crippen LogP contribution in [0, 0.1) is 14.9 Å². The summed E-state index contributed by atoms with van der Waals surface area (Å²) in [5.74, 6) is 0. The number of hydrogen-bond acceptors (Lipinski definition) is 3. The minimum absolute atomic E-state index is 0.526. The van der Waals surface area contributed by atoms with Crippen molar-refractivity contribution in [3.05, 3.63) is 72.0 Å². The first-order valence-corrected chi connectivity index (χ1v) is 9.57. The van der Waals surface area contributed by atoms with Gasteiger partial charge in [0.1, 0.15) is 11.1 Å². The van der Waals surface area contributed by atoms with Crippen LogP contribution in [0.4, 0.5) is 0 Å². The molecule has 0 amide bonds. The molecule has 118 valence electrons. The third kappa shape index (κ3) is 3.98. The Bertz CT molecular complexity index is 956. The van der Waals surface area contributed by atoms with E-state index in [0.717, 1.165) is 20.4 Å². The van der Waals surface area contributed by atoms with Gasteiger partial charge in [0.05, 0.1) is 16.3 Å². The van der Waals surface area contributed by atoms with Crippen molar-refractivity contribution in [3.63, 3.8) is 0 Å². The summed E-state index contributed by atoms with van der Waals surface area (Å²) < 4.78 is 1.15. The third-order valence-corrected chi connectivity index (χ3v) is 5.39. The molecule has 0 fully saturated rings. The predicted octanol–water partition coefficient (Wildman–Crippen LogP) is 6.79. The Morgan fingerprint density at radius 1 is 1.17 bits per heavy atom. The van der Waals surface area contributed by atoms with Crippen molar-refractivity contribution in [1.29, 1.82) is 5.26 Å². The van der Waals surface area contributed by atoms with Crippen LogP contribution in [0.5, 0.6) is 0 Å². The Labute approximate surface area is 167 Å². The summed E-state index contributed by atoms with van der Waals surface area (Å²) in [7, 11) is 0. The van der Waals surface area contributed by atoms with Crippen LogP contribution in [0.3, 0.4) is 0 Å². The predicted molar refractivity (Wildman–Crippen MR) is 110 cm³/mol. The Morgan fingerprint density at radius 3 is 2.58 bits per heavy atom. The summed E-state index contributed by atoms with van der Waals surface area (Å²) in [6.45, 7) is 0. The number of thiazole rings is 1. The average Bonchev–Trinajstić information content (AvgIpc) is 3.04. The van der Waals surface area contributed by atoms with E-state index in [-0.39, 0.29) is 0 Å². The minimum atomic E-state index is 0.526. The SMILES string of the molecule is N#CC(=Cc1ccc(I)cc1)c1nc(-c2ccc(Cl)cc2Cl)cs1. The Balaban J connectivity index is 1.96. The molecule has 0 saturated heterocycles. The first-order chi connectivity index (χ1) is 11.6. The summed E-state index contributed by atoms with van der Waals surface area (Å²) in [5, 5.41) is 13.1. The van der Waals surface area contributed by atoms with Crippen molar-refractivity contribution in [2.75, 3.05) is 0 Å². The summed E-state index contributed by atoms with van der Waals surface area (Å²) in [6, 6.07) is 15.5. The number of allylic oxidation sites excluding steroid dienone is 1. The van der Waals surface area contributed by atoms with Gasteiger partial charge in [0, 0.05) is 19.5 Å². The average molecular weight is 483 g/mol. The van der Waals surface area contributed by atoms with E-state index in [1.165, 1.54) is 11.3 Å². The van der Waals surface area contributed by atoms with Crippen molar-refractivity contribution in [3.8, 4) is 17.3 Å². The van der Waals surface area contributed by atoms with Gasteiger partial charge < -0.3 is 0 Å². The topological polar surface area (TPSA) is 36.7 Å². The highest BCUT2D eigenvalue weighted by Gasteiger charge is 2.11. The highest BCUT2D eigenvalue weighted by Crippen LogP contribution is 2.33. The molecule has 0 atom stereocenters. The molecule has 0 aliphatic carbocycles. The van der Waals surface area contributed by atoms with E-state index in [1.807, 2.05) is 41.8 Å². The van der Waals surface area contributed by atoms with Crippen molar-refractivity contribution in [2.45, 2.75) is 0 Å². The van der Waals surface area contributed by atoms with Crippen molar-refractivity contribution >= 4 is 68.8 Å². The minimum Gasteiger partial charge on any atom is -0.235 e. The maximum Gasteiger partial charge on any atom is 0.134 e. The van der Waals surface area contributed by atoms with Crippen molar-refractivity contribution in [2.24, 2.45) is 0 Å². The maximum atomic E-state index is 9.47. The number of rotatable bonds is 3. The highest BCUT2D eigenvalue weighted by atomic mass is 127. The fourth-order valence-corrected chi connectivity index (χ4v) is 3.74. The van der Waals surface area contributed by atoms with E-state index in [4.69, 9.17) is 23.2 Å². The molecule has 2 aromatic carbocycles. The Kier molecular flexibility index (Phi) is 5.57. The quantitative estimate of drug-likeness (QED) is 0.304. The van der Waals surface area contributed by atoms with Crippen molar-refractivity contribution in [1.82, 2.24) is 4.98 Å². The fraction of sp³-hybridized carbons (Fsp3) is 0. The lowest BCUT2D eigenvalue weighted by Gasteiger charge is -2.01. The van der Waals surface area contributed by atoms with Crippen LogP contribution >= 0.6 is 57.1 Å². The van der Waals surface area contributed by atoms with Gasteiger partial charge in [-0.3, -0.25) is 0 Å². The Hall–Kier alpha value is -1.39.